The predicted molar refractivity (Wildman–Crippen MR) is 109 cm³/mol. The van der Waals surface area contributed by atoms with Gasteiger partial charge in [-0.2, -0.15) is 12.6 Å². The molecule has 1 aliphatic rings. The highest BCUT2D eigenvalue weighted by molar-refractivity contribution is 7.81. The second-order valence-corrected chi connectivity index (χ2v) is 7.98. The Morgan fingerprint density at radius 1 is 0.742 bits per heavy atom. The van der Waals surface area contributed by atoms with Gasteiger partial charge in [0.25, 0.3) is 0 Å². The summed E-state index contributed by atoms with van der Waals surface area (Å²) in [5.41, 5.74) is 0.368. The maximum Gasteiger partial charge on any atom is 0.194 e. The Kier molecular flexibility index (Phi) is 6.05. The average molecular weight is 452 g/mol. The Morgan fingerprint density at radius 3 is 2.03 bits per heavy atom. The number of hydrogen-bond acceptors (Lipinski definition) is 3. The van der Waals surface area contributed by atoms with Gasteiger partial charge in [0.05, 0.1) is 13.2 Å². The molecule has 0 aliphatic carbocycles. The summed E-state index contributed by atoms with van der Waals surface area (Å²) in [6, 6.07) is 8.83. The number of halogens is 5. The van der Waals surface area contributed by atoms with Crippen LogP contribution in [0.2, 0.25) is 0 Å². The summed E-state index contributed by atoms with van der Waals surface area (Å²) in [4.78, 5) is 0. The molecular weight excluding hydrogens is 435 g/mol. The van der Waals surface area contributed by atoms with Crippen molar-refractivity contribution in [2.24, 2.45) is 0 Å². The lowest BCUT2D eigenvalue weighted by atomic mass is 9.95. The summed E-state index contributed by atoms with van der Waals surface area (Å²) in [5, 5.41) is -0.0476. The van der Waals surface area contributed by atoms with E-state index >= 15 is 0 Å². The van der Waals surface area contributed by atoms with Gasteiger partial charge in [-0.3, -0.25) is 0 Å². The maximum absolute atomic E-state index is 14.8. The van der Waals surface area contributed by atoms with Crippen LogP contribution in [0.25, 0.3) is 22.3 Å². The fraction of sp³-hybridized carbons (Fsp3) is 0.217. The molecule has 0 N–H and O–H groups in total. The number of thiol groups is 1. The molecule has 0 aromatic heterocycles. The van der Waals surface area contributed by atoms with E-state index in [9.17, 15) is 22.0 Å². The van der Waals surface area contributed by atoms with Crippen LogP contribution in [0.1, 0.15) is 17.4 Å². The molecule has 0 saturated carbocycles. The van der Waals surface area contributed by atoms with Crippen molar-refractivity contribution in [1.29, 1.82) is 0 Å². The summed E-state index contributed by atoms with van der Waals surface area (Å²) in [6.07, 6.45) is -0.711. The standard InChI is InChI=1S/C23H17F5O2S/c1-11-17(8-20(26)22(28)21(11)27)16-5-2-12(6-19(16)25)15-4-3-13(7-18(15)24)23-29-9-14(31)10-30-23/h2-8,14,23,31H,9-10H2,1H3. The second kappa shape index (κ2) is 8.61. The van der Waals surface area contributed by atoms with Gasteiger partial charge in [0.2, 0.25) is 0 Å². The minimum Gasteiger partial charge on any atom is -0.347 e. The van der Waals surface area contributed by atoms with Crippen LogP contribution < -0.4 is 0 Å². The highest BCUT2D eigenvalue weighted by Crippen LogP contribution is 2.34. The van der Waals surface area contributed by atoms with Gasteiger partial charge in [-0.1, -0.05) is 24.3 Å². The quantitative estimate of drug-likeness (QED) is 0.283. The fourth-order valence-electron chi connectivity index (χ4n) is 3.46. The van der Waals surface area contributed by atoms with Crippen molar-refractivity contribution in [2.75, 3.05) is 13.2 Å². The molecule has 31 heavy (non-hydrogen) atoms. The molecule has 0 atom stereocenters. The molecule has 0 amide bonds. The van der Waals surface area contributed by atoms with E-state index in [0.29, 0.717) is 18.8 Å². The third-order valence-corrected chi connectivity index (χ3v) is 5.42. The maximum atomic E-state index is 14.8. The lowest BCUT2D eigenvalue weighted by molar-refractivity contribution is -0.179. The largest absolute Gasteiger partial charge is 0.347 e. The smallest absolute Gasteiger partial charge is 0.194 e. The van der Waals surface area contributed by atoms with E-state index in [1.807, 2.05) is 0 Å². The Hall–Kier alpha value is -2.42. The molecule has 8 heteroatoms. The number of hydrogen-bond donors (Lipinski definition) is 1. The lowest BCUT2D eigenvalue weighted by Crippen LogP contribution is -2.27. The van der Waals surface area contributed by atoms with Crippen LogP contribution in [0.4, 0.5) is 22.0 Å². The third-order valence-electron chi connectivity index (χ3n) is 5.12. The monoisotopic (exact) mass is 452 g/mol. The third kappa shape index (κ3) is 4.20. The Balaban J connectivity index is 1.66. The number of rotatable bonds is 3. The molecule has 0 bridgehead atoms. The molecular formula is C23H17F5O2S. The Labute approximate surface area is 181 Å². The minimum atomic E-state index is -1.61. The van der Waals surface area contributed by atoms with E-state index in [0.717, 1.165) is 12.1 Å². The molecule has 4 rings (SSSR count). The molecule has 1 heterocycles. The zero-order chi connectivity index (χ0) is 22.3. The van der Waals surface area contributed by atoms with Crippen molar-refractivity contribution in [3.8, 4) is 22.3 Å². The van der Waals surface area contributed by atoms with Crippen molar-refractivity contribution in [1.82, 2.24) is 0 Å². The van der Waals surface area contributed by atoms with Gasteiger partial charge < -0.3 is 9.47 Å². The molecule has 2 nitrogen and oxygen atoms in total. The van der Waals surface area contributed by atoms with Crippen LogP contribution in [0, 0.1) is 36.0 Å². The van der Waals surface area contributed by atoms with E-state index in [4.69, 9.17) is 9.47 Å². The molecule has 1 fully saturated rings. The van der Waals surface area contributed by atoms with Crippen LogP contribution in [0.5, 0.6) is 0 Å². The second-order valence-electron chi connectivity index (χ2n) is 7.25. The molecule has 1 aliphatic heterocycles. The van der Waals surface area contributed by atoms with E-state index in [1.165, 1.54) is 31.2 Å². The number of benzene rings is 3. The zero-order valence-electron chi connectivity index (χ0n) is 16.3. The fourth-order valence-corrected chi connectivity index (χ4v) is 3.64. The van der Waals surface area contributed by atoms with Gasteiger partial charge in [-0.25, -0.2) is 22.0 Å². The van der Waals surface area contributed by atoms with Crippen LogP contribution >= 0.6 is 12.6 Å². The van der Waals surface area contributed by atoms with Gasteiger partial charge in [-0.05, 0) is 41.8 Å². The Bertz CT molecular complexity index is 1140. The van der Waals surface area contributed by atoms with Gasteiger partial charge in [0.15, 0.2) is 23.7 Å². The topological polar surface area (TPSA) is 18.5 Å². The molecule has 0 radical (unpaired) electrons. The lowest BCUT2D eigenvalue weighted by Gasteiger charge is -2.27. The molecule has 3 aromatic carbocycles. The molecule has 0 spiro atoms. The summed E-state index contributed by atoms with van der Waals surface area (Å²) >= 11 is 4.25. The SMILES string of the molecule is Cc1c(-c2ccc(-c3ccc(C4OCC(S)CO4)cc3F)cc2F)cc(F)c(F)c1F. The number of ether oxygens (including phenoxy) is 2. The van der Waals surface area contributed by atoms with E-state index in [-0.39, 0.29) is 33.1 Å². The van der Waals surface area contributed by atoms with Gasteiger partial charge >= 0.3 is 0 Å². The summed E-state index contributed by atoms with van der Waals surface area (Å²) in [5.74, 6) is -5.85. The van der Waals surface area contributed by atoms with Crippen LogP contribution in [-0.2, 0) is 9.47 Å². The van der Waals surface area contributed by atoms with Crippen molar-refractivity contribution < 1.29 is 31.4 Å². The molecule has 1 saturated heterocycles. The normalized spacial score (nSPS) is 18.9. The minimum absolute atomic E-state index is 0.0476. The van der Waals surface area contributed by atoms with E-state index in [1.54, 1.807) is 6.07 Å². The van der Waals surface area contributed by atoms with Crippen LogP contribution in [0.3, 0.4) is 0 Å². The van der Waals surface area contributed by atoms with Crippen molar-refractivity contribution in [3.05, 3.63) is 82.7 Å². The van der Waals surface area contributed by atoms with Crippen molar-refractivity contribution >= 4 is 12.6 Å². The molecule has 0 unspecified atom stereocenters. The van der Waals surface area contributed by atoms with Gasteiger partial charge in [0.1, 0.15) is 11.6 Å². The first-order chi connectivity index (χ1) is 14.8. The highest BCUT2D eigenvalue weighted by atomic mass is 32.1. The van der Waals surface area contributed by atoms with Gasteiger partial charge in [-0.15, -0.1) is 0 Å². The zero-order valence-corrected chi connectivity index (χ0v) is 17.2. The average Bonchev–Trinajstić information content (AvgIpc) is 2.75. The van der Waals surface area contributed by atoms with Gasteiger partial charge in [0, 0.05) is 21.9 Å². The predicted octanol–water partition coefficient (Wildman–Crippen LogP) is 6.37. The first kappa shape index (κ1) is 21.8. The van der Waals surface area contributed by atoms with Crippen LogP contribution in [-0.4, -0.2) is 18.5 Å². The first-order valence-corrected chi connectivity index (χ1v) is 9.93. The van der Waals surface area contributed by atoms with Crippen molar-refractivity contribution in [2.45, 2.75) is 18.5 Å². The summed E-state index contributed by atoms with van der Waals surface area (Å²) in [7, 11) is 0. The van der Waals surface area contributed by atoms with Crippen LogP contribution in [0.15, 0.2) is 42.5 Å². The van der Waals surface area contributed by atoms with E-state index in [2.05, 4.69) is 12.6 Å². The van der Waals surface area contributed by atoms with Crippen molar-refractivity contribution in [3.63, 3.8) is 0 Å². The summed E-state index contributed by atoms with van der Waals surface area (Å²) < 4.78 is 81.4. The summed E-state index contributed by atoms with van der Waals surface area (Å²) in [6.45, 7) is 1.96. The molecule has 3 aromatic rings. The Morgan fingerprint density at radius 2 is 1.39 bits per heavy atom. The van der Waals surface area contributed by atoms with E-state index < -0.39 is 35.4 Å². The highest BCUT2D eigenvalue weighted by Gasteiger charge is 2.23. The first-order valence-electron chi connectivity index (χ1n) is 9.41. The molecule has 162 valence electrons.